The molecule has 6 heteroatoms. The lowest BCUT2D eigenvalue weighted by Crippen LogP contribution is -2.06. The van der Waals surface area contributed by atoms with Crippen LogP contribution in [0.1, 0.15) is 32.0 Å². The van der Waals surface area contributed by atoms with Gasteiger partial charge in [0.1, 0.15) is 0 Å². The molecule has 2 aromatic heterocycles. The first-order chi connectivity index (χ1) is 11.4. The summed E-state index contributed by atoms with van der Waals surface area (Å²) >= 11 is 0. The van der Waals surface area contributed by atoms with Crippen molar-refractivity contribution < 1.29 is 0 Å². The van der Waals surface area contributed by atoms with Crippen molar-refractivity contribution in [1.29, 1.82) is 0 Å². The Morgan fingerprint density at radius 2 is 1.75 bits per heavy atom. The van der Waals surface area contributed by atoms with Crippen LogP contribution in [0.4, 0.5) is 5.95 Å². The summed E-state index contributed by atoms with van der Waals surface area (Å²) in [4.78, 5) is 17.3. The normalized spacial score (nSPS) is 12.2. The number of aryl methyl sites for hydroxylation is 1. The number of amidine groups is 1. The maximum Gasteiger partial charge on any atom is 0.220 e. The number of allylic oxidation sites excluding steroid dienone is 3. The smallest absolute Gasteiger partial charge is 0.220 e. The van der Waals surface area contributed by atoms with Gasteiger partial charge in [0, 0.05) is 6.20 Å². The van der Waals surface area contributed by atoms with E-state index in [1.165, 1.54) is 0 Å². The third-order valence-corrected chi connectivity index (χ3v) is 3.15. The molecule has 0 radical (unpaired) electrons. The Balaban J connectivity index is 2.59. The van der Waals surface area contributed by atoms with Crippen molar-refractivity contribution in [3.63, 3.8) is 0 Å². The Hall–Kier alpha value is -3.02. The molecule has 0 unspecified atom stereocenters. The number of nitrogen functional groups attached to an aromatic ring is 1. The predicted octanol–water partition coefficient (Wildman–Crippen LogP) is 3.11. The predicted molar refractivity (Wildman–Crippen MR) is 99.1 cm³/mol. The number of aliphatic imine (C=N–C) groups is 1. The van der Waals surface area contributed by atoms with E-state index in [1.54, 1.807) is 19.2 Å². The number of anilines is 1. The topological polar surface area (TPSA) is 103 Å². The van der Waals surface area contributed by atoms with Gasteiger partial charge in [-0.2, -0.15) is 0 Å². The molecule has 0 fully saturated rings. The summed E-state index contributed by atoms with van der Waals surface area (Å²) in [7, 11) is 0. The van der Waals surface area contributed by atoms with Crippen LogP contribution in [0, 0.1) is 6.92 Å². The molecule has 6 nitrogen and oxygen atoms in total. The number of hydrogen-bond acceptors (Lipinski definition) is 5. The molecule has 2 aromatic rings. The maximum atomic E-state index is 5.78. The van der Waals surface area contributed by atoms with E-state index in [1.807, 2.05) is 45.1 Å². The number of rotatable bonds is 4. The molecule has 4 N–H and O–H groups in total. The van der Waals surface area contributed by atoms with Crippen molar-refractivity contribution in [2.45, 2.75) is 27.7 Å². The Kier molecular flexibility index (Phi) is 5.42. The second kappa shape index (κ2) is 7.50. The van der Waals surface area contributed by atoms with Gasteiger partial charge >= 0.3 is 0 Å². The summed E-state index contributed by atoms with van der Waals surface area (Å²) in [6, 6.07) is 5.65. The first-order valence-electron chi connectivity index (χ1n) is 7.59. The zero-order valence-electron chi connectivity index (χ0n) is 14.4. The highest BCUT2D eigenvalue weighted by Gasteiger charge is 2.10. The van der Waals surface area contributed by atoms with E-state index in [0.717, 1.165) is 16.8 Å². The minimum absolute atomic E-state index is 0.215. The molecule has 0 atom stereocenters. The minimum Gasteiger partial charge on any atom is -0.387 e. The third kappa shape index (κ3) is 4.49. The molecule has 124 valence electrons. The fourth-order valence-electron chi connectivity index (χ4n) is 2.05. The molecule has 0 saturated heterocycles. The molecule has 24 heavy (non-hydrogen) atoms. The average Bonchev–Trinajstić information content (AvgIpc) is 2.51. The summed E-state index contributed by atoms with van der Waals surface area (Å²) in [6.07, 6.45) is 5.51. The van der Waals surface area contributed by atoms with Gasteiger partial charge in [0.15, 0.2) is 0 Å². The van der Waals surface area contributed by atoms with E-state index in [4.69, 9.17) is 16.5 Å². The monoisotopic (exact) mass is 322 g/mol. The van der Waals surface area contributed by atoms with Gasteiger partial charge in [-0.3, -0.25) is 0 Å². The van der Waals surface area contributed by atoms with E-state index < -0.39 is 0 Å². The van der Waals surface area contributed by atoms with Gasteiger partial charge in [-0.15, -0.1) is 0 Å². The minimum atomic E-state index is 0.215. The molecular formula is C18H22N6. The van der Waals surface area contributed by atoms with Crippen molar-refractivity contribution in [1.82, 2.24) is 15.0 Å². The lowest BCUT2D eigenvalue weighted by molar-refractivity contribution is 1.14. The standard InChI is InChI=1S/C18H22N6/c1-11(2)5-7-16(22-13(4)19)17-12(3)6-8-14(23-17)15-9-10-21-18(20)24-15/h5-10H,1-4H3,(H2,19,22)(H2,20,21,24)/b16-7-. The van der Waals surface area contributed by atoms with Gasteiger partial charge in [-0.05, 0) is 51.5 Å². The fraction of sp³-hybridized carbons (Fsp3) is 0.222. The summed E-state index contributed by atoms with van der Waals surface area (Å²) in [5, 5.41) is 0. The van der Waals surface area contributed by atoms with Crippen LogP contribution in [0.25, 0.3) is 17.1 Å². The van der Waals surface area contributed by atoms with Crippen LogP contribution in [-0.2, 0) is 0 Å². The van der Waals surface area contributed by atoms with Crippen molar-refractivity contribution in [3.8, 4) is 11.4 Å². The summed E-state index contributed by atoms with van der Waals surface area (Å²) in [6.45, 7) is 7.78. The fourth-order valence-corrected chi connectivity index (χ4v) is 2.05. The molecule has 0 saturated carbocycles. The first-order valence-corrected chi connectivity index (χ1v) is 7.59. The second-order valence-electron chi connectivity index (χ2n) is 5.71. The van der Waals surface area contributed by atoms with E-state index >= 15 is 0 Å². The van der Waals surface area contributed by atoms with E-state index in [2.05, 4.69) is 15.0 Å². The van der Waals surface area contributed by atoms with Gasteiger partial charge < -0.3 is 11.5 Å². The largest absolute Gasteiger partial charge is 0.387 e. The van der Waals surface area contributed by atoms with Crippen LogP contribution >= 0.6 is 0 Å². The molecule has 0 amide bonds. The molecule has 0 bridgehead atoms. The lowest BCUT2D eigenvalue weighted by Gasteiger charge is -2.09. The number of nitrogens with zero attached hydrogens (tertiary/aromatic N) is 4. The lowest BCUT2D eigenvalue weighted by atomic mass is 10.1. The Morgan fingerprint density at radius 1 is 1.04 bits per heavy atom. The quantitative estimate of drug-likeness (QED) is 0.511. The number of pyridine rings is 1. The first kappa shape index (κ1) is 17.3. The molecule has 2 heterocycles. The van der Waals surface area contributed by atoms with Crippen molar-refractivity contribution in [2.75, 3.05) is 5.73 Å². The molecule has 0 spiro atoms. The van der Waals surface area contributed by atoms with Crippen molar-refractivity contribution >= 4 is 17.5 Å². The van der Waals surface area contributed by atoms with Crippen LogP contribution in [0.2, 0.25) is 0 Å². The second-order valence-corrected chi connectivity index (χ2v) is 5.71. The highest BCUT2D eigenvalue weighted by Crippen LogP contribution is 2.23. The molecular weight excluding hydrogens is 300 g/mol. The summed E-state index contributed by atoms with van der Waals surface area (Å²) in [5.74, 6) is 0.689. The Morgan fingerprint density at radius 3 is 2.38 bits per heavy atom. The van der Waals surface area contributed by atoms with Crippen molar-refractivity contribution in [3.05, 3.63) is 53.4 Å². The van der Waals surface area contributed by atoms with Crippen molar-refractivity contribution in [2.24, 2.45) is 10.7 Å². The van der Waals surface area contributed by atoms with E-state index in [0.29, 0.717) is 22.9 Å². The van der Waals surface area contributed by atoms with Crippen LogP contribution in [-0.4, -0.2) is 20.8 Å². The maximum absolute atomic E-state index is 5.78. The van der Waals surface area contributed by atoms with E-state index in [-0.39, 0.29) is 5.95 Å². The highest BCUT2D eigenvalue weighted by molar-refractivity contribution is 5.85. The highest BCUT2D eigenvalue weighted by atomic mass is 15.0. The van der Waals surface area contributed by atoms with Crippen LogP contribution in [0.3, 0.4) is 0 Å². The van der Waals surface area contributed by atoms with Gasteiger partial charge in [0.05, 0.1) is 28.6 Å². The van der Waals surface area contributed by atoms with Gasteiger partial charge in [-0.1, -0.05) is 17.7 Å². The molecule has 0 aliphatic carbocycles. The molecule has 2 rings (SSSR count). The summed E-state index contributed by atoms with van der Waals surface area (Å²) < 4.78 is 0. The SMILES string of the molecule is CC(C)=C/C=C(\N=C(C)N)c1nc(-c2ccnc(N)n2)ccc1C. The number of nitrogens with two attached hydrogens (primary N) is 2. The Labute approximate surface area is 142 Å². The summed E-state index contributed by atoms with van der Waals surface area (Å²) in [5.41, 5.74) is 16.4. The zero-order valence-corrected chi connectivity index (χ0v) is 14.4. The van der Waals surface area contributed by atoms with Crippen LogP contribution in [0.5, 0.6) is 0 Å². The molecule has 0 aliphatic rings. The number of aromatic nitrogens is 3. The van der Waals surface area contributed by atoms with Crippen LogP contribution < -0.4 is 11.5 Å². The van der Waals surface area contributed by atoms with E-state index in [9.17, 15) is 0 Å². The van der Waals surface area contributed by atoms with Crippen LogP contribution in [0.15, 0.2) is 47.1 Å². The molecule has 0 aliphatic heterocycles. The zero-order chi connectivity index (χ0) is 17.7. The van der Waals surface area contributed by atoms with Gasteiger partial charge in [-0.25, -0.2) is 19.9 Å². The third-order valence-electron chi connectivity index (χ3n) is 3.15. The van der Waals surface area contributed by atoms with Gasteiger partial charge in [0.2, 0.25) is 5.95 Å². The Bertz CT molecular complexity index is 825. The van der Waals surface area contributed by atoms with Gasteiger partial charge in [0.25, 0.3) is 0 Å². The average molecular weight is 322 g/mol. The molecule has 0 aromatic carbocycles. The number of hydrogen-bond donors (Lipinski definition) is 2.